The van der Waals surface area contributed by atoms with Crippen molar-refractivity contribution in [2.75, 3.05) is 18.8 Å². The van der Waals surface area contributed by atoms with Crippen LogP contribution in [0.1, 0.15) is 49.0 Å². The highest BCUT2D eigenvalue weighted by atomic mass is 79.9. The Labute approximate surface area is 129 Å². The van der Waals surface area contributed by atoms with E-state index < -0.39 is 0 Å². The van der Waals surface area contributed by atoms with Gasteiger partial charge in [-0.2, -0.15) is 0 Å². The minimum Gasteiger partial charge on any atom is -0.398 e. The van der Waals surface area contributed by atoms with Crippen molar-refractivity contribution in [3.63, 3.8) is 0 Å². The van der Waals surface area contributed by atoms with E-state index >= 15 is 0 Å². The number of amides is 1. The number of carbonyl (C=O) groups excluding carboxylic acids is 1. The van der Waals surface area contributed by atoms with Crippen LogP contribution in [0.3, 0.4) is 0 Å². The third kappa shape index (κ3) is 3.35. The molecule has 2 N–H and O–H groups in total. The van der Waals surface area contributed by atoms with Crippen molar-refractivity contribution in [2.24, 2.45) is 5.41 Å². The lowest BCUT2D eigenvalue weighted by Gasteiger charge is -2.24. The fraction of sp³-hybridized carbons (Fsp3) is 0.562. The topological polar surface area (TPSA) is 46.3 Å². The summed E-state index contributed by atoms with van der Waals surface area (Å²) in [5, 5.41) is 0. The van der Waals surface area contributed by atoms with Crippen molar-refractivity contribution >= 4 is 27.5 Å². The Morgan fingerprint density at radius 1 is 1.30 bits per heavy atom. The molecule has 1 aromatic carbocycles. The Morgan fingerprint density at radius 2 is 2.00 bits per heavy atom. The third-order valence-corrected chi connectivity index (χ3v) is 4.73. The molecule has 1 saturated heterocycles. The number of nitrogens with zero attached hydrogens (tertiary/aromatic N) is 1. The van der Waals surface area contributed by atoms with E-state index in [-0.39, 0.29) is 5.91 Å². The molecule has 110 valence electrons. The van der Waals surface area contributed by atoms with Gasteiger partial charge in [-0.05, 0) is 49.3 Å². The maximum Gasteiger partial charge on any atom is 0.254 e. The maximum atomic E-state index is 12.7. The molecule has 1 aromatic rings. The number of rotatable bonds is 1. The molecule has 1 aliphatic heterocycles. The van der Waals surface area contributed by atoms with Crippen molar-refractivity contribution < 1.29 is 4.79 Å². The van der Waals surface area contributed by atoms with Gasteiger partial charge in [0.2, 0.25) is 0 Å². The molecule has 1 heterocycles. The summed E-state index contributed by atoms with van der Waals surface area (Å²) in [6, 6.07) is 3.72. The standard InChI is InChI=1S/C16H23BrN2O/c1-11-13(9-12(17)10-14(11)18)15(20)19-7-4-5-16(2,3)6-8-19/h9-10H,4-8,18H2,1-3H3. The van der Waals surface area contributed by atoms with Gasteiger partial charge < -0.3 is 10.6 Å². The molecule has 0 aromatic heterocycles. The van der Waals surface area contributed by atoms with E-state index in [1.807, 2.05) is 24.0 Å². The van der Waals surface area contributed by atoms with E-state index in [4.69, 9.17) is 5.73 Å². The molecule has 0 aliphatic carbocycles. The molecular weight excluding hydrogens is 316 g/mol. The number of hydrogen-bond donors (Lipinski definition) is 1. The second-order valence-corrected chi connectivity index (χ2v) is 7.39. The van der Waals surface area contributed by atoms with E-state index in [1.165, 1.54) is 6.42 Å². The molecule has 2 rings (SSSR count). The zero-order chi connectivity index (χ0) is 14.9. The van der Waals surface area contributed by atoms with Gasteiger partial charge in [0.15, 0.2) is 0 Å². The van der Waals surface area contributed by atoms with Crippen molar-refractivity contribution in [1.82, 2.24) is 4.90 Å². The number of nitrogen functional groups attached to an aromatic ring is 1. The van der Waals surface area contributed by atoms with Crippen LogP contribution >= 0.6 is 15.9 Å². The number of likely N-dealkylation sites (tertiary alicyclic amines) is 1. The van der Waals surface area contributed by atoms with Gasteiger partial charge in [-0.3, -0.25) is 4.79 Å². The monoisotopic (exact) mass is 338 g/mol. The van der Waals surface area contributed by atoms with Gasteiger partial charge in [-0.25, -0.2) is 0 Å². The van der Waals surface area contributed by atoms with Crippen LogP contribution in [0.4, 0.5) is 5.69 Å². The zero-order valence-electron chi connectivity index (χ0n) is 12.5. The molecule has 3 nitrogen and oxygen atoms in total. The fourth-order valence-corrected chi connectivity index (χ4v) is 3.19. The quantitative estimate of drug-likeness (QED) is 0.787. The summed E-state index contributed by atoms with van der Waals surface area (Å²) in [6.45, 7) is 8.15. The highest BCUT2D eigenvalue weighted by molar-refractivity contribution is 9.10. The summed E-state index contributed by atoms with van der Waals surface area (Å²) in [5.74, 6) is 0.105. The van der Waals surface area contributed by atoms with Gasteiger partial charge in [-0.1, -0.05) is 29.8 Å². The van der Waals surface area contributed by atoms with Gasteiger partial charge >= 0.3 is 0 Å². The first-order valence-corrected chi connectivity index (χ1v) is 7.94. The zero-order valence-corrected chi connectivity index (χ0v) is 14.1. The third-order valence-electron chi connectivity index (χ3n) is 4.27. The number of hydrogen-bond acceptors (Lipinski definition) is 2. The first-order valence-electron chi connectivity index (χ1n) is 7.15. The maximum absolute atomic E-state index is 12.7. The first kappa shape index (κ1) is 15.4. The highest BCUT2D eigenvalue weighted by Crippen LogP contribution is 2.31. The summed E-state index contributed by atoms with van der Waals surface area (Å²) in [6.07, 6.45) is 3.30. The predicted molar refractivity (Wildman–Crippen MR) is 86.8 cm³/mol. The second-order valence-electron chi connectivity index (χ2n) is 6.48. The fourth-order valence-electron chi connectivity index (χ4n) is 2.72. The van der Waals surface area contributed by atoms with Crippen LogP contribution in [0.2, 0.25) is 0 Å². The van der Waals surface area contributed by atoms with Gasteiger partial charge in [-0.15, -0.1) is 0 Å². The molecule has 1 fully saturated rings. The Morgan fingerprint density at radius 3 is 2.70 bits per heavy atom. The minimum absolute atomic E-state index is 0.105. The van der Waals surface area contributed by atoms with Gasteiger partial charge in [0, 0.05) is 28.8 Å². The first-order chi connectivity index (χ1) is 9.30. The Balaban J connectivity index is 2.23. The largest absolute Gasteiger partial charge is 0.398 e. The average Bonchev–Trinajstić information content (AvgIpc) is 2.54. The van der Waals surface area contributed by atoms with Crippen LogP contribution in [0.25, 0.3) is 0 Å². The lowest BCUT2D eigenvalue weighted by molar-refractivity contribution is 0.0756. The molecule has 0 spiro atoms. The number of benzene rings is 1. The molecule has 4 heteroatoms. The molecule has 0 bridgehead atoms. The van der Waals surface area contributed by atoms with Crippen LogP contribution in [0, 0.1) is 12.3 Å². The molecule has 1 aliphatic rings. The summed E-state index contributed by atoms with van der Waals surface area (Å²) in [4.78, 5) is 14.7. The van der Waals surface area contributed by atoms with E-state index in [0.29, 0.717) is 11.1 Å². The highest BCUT2D eigenvalue weighted by Gasteiger charge is 2.26. The summed E-state index contributed by atoms with van der Waals surface area (Å²) < 4.78 is 0.860. The van der Waals surface area contributed by atoms with Crippen LogP contribution in [-0.2, 0) is 0 Å². The summed E-state index contributed by atoms with van der Waals surface area (Å²) >= 11 is 3.42. The van der Waals surface area contributed by atoms with Crippen LogP contribution in [0.5, 0.6) is 0 Å². The van der Waals surface area contributed by atoms with E-state index in [0.717, 1.165) is 41.5 Å². The average molecular weight is 339 g/mol. The predicted octanol–water partition coefficient (Wildman–Crippen LogP) is 3.99. The number of halogens is 1. The molecule has 0 unspecified atom stereocenters. The second kappa shape index (κ2) is 5.76. The van der Waals surface area contributed by atoms with Crippen LogP contribution in [-0.4, -0.2) is 23.9 Å². The summed E-state index contributed by atoms with van der Waals surface area (Å²) in [7, 11) is 0. The Kier molecular flexibility index (Phi) is 4.43. The Bertz CT molecular complexity index is 525. The molecule has 20 heavy (non-hydrogen) atoms. The Hall–Kier alpha value is -1.03. The lowest BCUT2D eigenvalue weighted by atomic mass is 9.85. The molecule has 0 atom stereocenters. The van der Waals surface area contributed by atoms with Gasteiger partial charge in [0.25, 0.3) is 5.91 Å². The molecular formula is C16H23BrN2O. The molecule has 0 radical (unpaired) electrons. The van der Waals surface area contributed by atoms with Crippen LogP contribution < -0.4 is 5.73 Å². The van der Waals surface area contributed by atoms with Crippen molar-refractivity contribution in [3.8, 4) is 0 Å². The number of carbonyl (C=O) groups is 1. The van der Waals surface area contributed by atoms with E-state index in [2.05, 4.69) is 29.8 Å². The van der Waals surface area contributed by atoms with Gasteiger partial charge in [0.1, 0.15) is 0 Å². The molecule has 1 amide bonds. The smallest absolute Gasteiger partial charge is 0.254 e. The lowest BCUT2D eigenvalue weighted by Crippen LogP contribution is -2.33. The van der Waals surface area contributed by atoms with E-state index in [1.54, 1.807) is 0 Å². The van der Waals surface area contributed by atoms with Crippen LogP contribution in [0.15, 0.2) is 16.6 Å². The SMILES string of the molecule is Cc1c(N)cc(Br)cc1C(=O)N1CCCC(C)(C)CC1. The normalized spacial score (nSPS) is 18.7. The van der Waals surface area contributed by atoms with Crippen molar-refractivity contribution in [1.29, 1.82) is 0 Å². The van der Waals surface area contributed by atoms with Crippen molar-refractivity contribution in [3.05, 3.63) is 27.7 Å². The van der Waals surface area contributed by atoms with E-state index in [9.17, 15) is 4.79 Å². The molecule has 0 saturated carbocycles. The number of anilines is 1. The minimum atomic E-state index is 0.105. The van der Waals surface area contributed by atoms with Gasteiger partial charge in [0.05, 0.1) is 0 Å². The summed E-state index contributed by atoms with van der Waals surface area (Å²) in [5.41, 5.74) is 8.56. The van der Waals surface area contributed by atoms with Crippen molar-refractivity contribution in [2.45, 2.75) is 40.0 Å². The number of nitrogens with two attached hydrogens (primary N) is 1.